The number of hydrogen-bond donors (Lipinski definition) is 1. The number of rotatable bonds is 4. The van der Waals surface area contributed by atoms with E-state index < -0.39 is 10.8 Å². The summed E-state index contributed by atoms with van der Waals surface area (Å²) in [5.41, 5.74) is 2.39. The summed E-state index contributed by atoms with van der Waals surface area (Å²) < 4.78 is 0. The third kappa shape index (κ3) is 3.88. The van der Waals surface area contributed by atoms with E-state index in [-0.39, 0.29) is 17.2 Å². The molecule has 1 aliphatic rings. The number of para-hydroxylation sites is 1. The minimum absolute atomic E-state index is 0.000000941. The highest BCUT2D eigenvalue weighted by atomic mass is 32.1. The number of carbonyl (C=O) groups is 2. The monoisotopic (exact) mass is 407 g/mol. The van der Waals surface area contributed by atoms with Crippen LogP contribution in [0.5, 0.6) is 0 Å². The Morgan fingerprint density at radius 1 is 1.07 bits per heavy atom. The zero-order valence-electron chi connectivity index (χ0n) is 15.3. The minimum Gasteiger partial charge on any atom is -0.333 e. The van der Waals surface area contributed by atoms with Gasteiger partial charge < -0.3 is 10.2 Å². The number of amides is 2. The maximum absolute atomic E-state index is 12.6. The number of nitrogens with zero attached hydrogens (tertiary/aromatic N) is 2. The van der Waals surface area contributed by atoms with Gasteiger partial charge in [0.2, 0.25) is 0 Å². The second kappa shape index (κ2) is 7.84. The quantitative estimate of drug-likeness (QED) is 0.520. The van der Waals surface area contributed by atoms with E-state index in [1.54, 1.807) is 17.0 Å². The number of anilines is 1. The Hall–Kier alpha value is -3.52. The van der Waals surface area contributed by atoms with E-state index in [1.807, 2.05) is 29.6 Å². The van der Waals surface area contributed by atoms with Crippen molar-refractivity contribution in [3.63, 3.8) is 0 Å². The fourth-order valence-electron chi connectivity index (χ4n) is 3.39. The number of thiophene rings is 1. The number of hydrogen-bond acceptors (Lipinski definition) is 5. The van der Waals surface area contributed by atoms with Crippen LogP contribution in [-0.4, -0.2) is 28.2 Å². The van der Waals surface area contributed by atoms with Crippen molar-refractivity contribution in [3.05, 3.63) is 91.7 Å². The topological polar surface area (TPSA) is 92.6 Å². The Kier molecular flexibility index (Phi) is 5.09. The summed E-state index contributed by atoms with van der Waals surface area (Å²) in [5.74, 6) is -0.542. The lowest BCUT2D eigenvalue weighted by molar-refractivity contribution is -0.385. The molecular weight excluding hydrogens is 390 g/mol. The van der Waals surface area contributed by atoms with Gasteiger partial charge in [0.1, 0.15) is 5.56 Å². The molecule has 0 spiro atoms. The third-order valence-electron chi connectivity index (χ3n) is 4.84. The van der Waals surface area contributed by atoms with E-state index in [0.717, 1.165) is 17.5 Å². The van der Waals surface area contributed by atoms with Crippen LogP contribution in [0.15, 0.2) is 60.0 Å². The molecule has 2 heterocycles. The van der Waals surface area contributed by atoms with Gasteiger partial charge in [-0.05, 0) is 47.2 Å². The minimum atomic E-state index is -0.574. The molecule has 1 N–H and O–H groups in total. The lowest BCUT2D eigenvalue weighted by Gasteiger charge is -2.29. The number of carbonyl (C=O) groups excluding carboxylic acids is 2. The molecule has 0 fully saturated rings. The van der Waals surface area contributed by atoms with E-state index in [4.69, 9.17) is 0 Å². The molecule has 0 saturated carbocycles. The van der Waals surface area contributed by atoms with Gasteiger partial charge in [0.25, 0.3) is 17.5 Å². The van der Waals surface area contributed by atoms with Gasteiger partial charge in [-0.2, -0.15) is 0 Å². The lowest BCUT2D eigenvalue weighted by Crippen LogP contribution is -2.35. The van der Waals surface area contributed by atoms with Crippen LogP contribution < -0.4 is 5.32 Å². The summed E-state index contributed by atoms with van der Waals surface area (Å²) in [7, 11) is 0. The van der Waals surface area contributed by atoms with Crippen molar-refractivity contribution in [3.8, 4) is 0 Å². The normalized spacial score (nSPS) is 12.9. The van der Waals surface area contributed by atoms with Crippen LogP contribution in [0.2, 0.25) is 0 Å². The van der Waals surface area contributed by atoms with Crippen molar-refractivity contribution in [1.29, 1.82) is 0 Å². The highest BCUT2D eigenvalue weighted by Crippen LogP contribution is 2.26. The largest absolute Gasteiger partial charge is 0.333 e. The van der Waals surface area contributed by atoms with Crippen LogP contribution in [-0.2, 0) is 13.0 Å². The fourth-order valence-corrected chi connectivity index (χ4v) is 4.08. The van der Waals surface area contributed by atoms with E-state index >= 15 is 0 Å². The molecule has 8 heteroatoms. The number of fused-ring (bicyclic) bond motifs is 1. The predicted octanol–water partition coefficient (Wildman–Crippen LogP) is 4.11. The number of nitrogens with one attached hydrogen (secondary N) is 1. The summed E-state index contributed by atoms with van der Waals surface area (Å²) >= 11 is 1.42. The predicted molar refractivity (Wildman–Crippen MR) is 110 cm³/mol. The molecular formula is C21H17N3O4S. The van der Waals surface area contributed by atoms with Crippen molar-refractivity contribution in [1.82, 2.24) is 4.90 Å². The summed E-state index contributed by atoms with van der Waals surface area (Å²) in [6.07, 6.45) is 0.741. The van der Waals surface area contributed by atoms with E-state index in [9.17, 15) is 19.7 Å². The van der Waals surface area contributed by atoms with Crippen LogP contribution in [0.25, 0.3) is 0 Å². The van der Waals surface area contributed by atoms with Gasteiger partial charge in [-0.3, -0.25) is 19.7 Å². The average molecular weight is 407 g/mol. The van der Waals surface area contributed by atoms with Gasteiger partial charge in [0, 0.05) is 24.8 Å². The van der Waals surface area contributed by atoms with Gasteiger partial charge in [-0.15, -0.1) is 11.3 Å². The van der Waals surface area contributed by atoms with Gasteiger partial charge >= 0.3 is 0 Å². The average Bonchev–Trinajstić information content (AvgIpc) is 3.27. The Morgan fingerprint density at radius 2 is 1.90 bits per heavy atom. The zero-order valence-corrected chi connectivity index (χ0v) is 16.1. The number of nitro benzene ring substituents is 1. The first kappa shape index (κ1) is 18.8. The molecule has 1 aromatic heterocycles. The Labute approximate surface area is 170 Å². The first-order valence-electron chi connectivity index (χ1n) is 9.02. The molecule has 1 aliphatic heterocycles. The lowest BCUT2D eigenvalue weighted by atomic mass is 9.98. The molecule has 0 atom stereocenters. The molecule has 4 rings (SSSR count). The van der Waals surface area contributed by atoms with Gasteiger partial charge in [-0.25, -0.2) is 0 Å². The molecule has 29 heavy (non-hydrogen) atoms. The summed E-state index contributed by atoms with van der Waals surface area (Å²) in [6, 6.07) is 15.0. The van der Waals surface area contributed by atoms with Crippen molar-refractivity contribution in [2.24, 2.45) is 0 Å². The standard InChI is InChI=1S/C21H17N3O4S/c25-20(17-4-1-2-5-18(17)24(27)28)22-16-8-7-14-9-10-23(13-15(14)12-16)21(26)19-6-3-11-29-19/h1-8,11-12H,9-10,13H2,(H,22,25). The van der Waals surface area contributed by atoms with Crippen LogP contribution in [0, 0.1) is 10.1 Å². The molecule has 146 valence electrons. The Balaban J connectivity index is 1.53. The number of benzene rings is 2. The summed E-state index contributed by atoms with van der Waals surface area (Å²) in [5, 5.41) is 15.8. The molecule has 0 saturated heterocycles. The Bertz CT molecular complexity index is 1100. The van der Waals surface area contributed by atoms with Crippen molar-refractivity contribution in [2.75, 3.05) is 11.9 Å². The summed E-state index contributed by atoms with van der Waals surface area (Å²) in [4.78, 5) is 38.3. The van der Waals surface area contributed by atoms with Crippen LogP contribution in [0.1, 0.15) is 31.2 Å². The van der Waals surface area contributed by atoms with Crippen LogP contribution in [0.4, 0.5) is 11.4 Å². The maximum Gasteiger partial charge on any atom is 0.282 e. The fraction of sp³-hybridized carbons (Fsp3) is 0.143. The molecule has 0 radical (unpaired) electrons. The third-order valence-corrected chi connectivity index (χ3v) is 5.70. The van der Waals surface area contributed by atoms with Gasteiger partial charge in [0.15, 0.2) is 0 Å². The second-order valence-electron chi connectivity index (χ2n) is 6.67. The molecule has 0 unspecified atom stereocenters. The second-order valence-corrected chi connectivity index (χ2v) is 7.61. The van der Waals surface area contributed by atoms with Crippen LogP contribution >= 0.6 is 11.3 Å². The van der Waals surface area contributed by atoms with Crippen molar-refractivity contribution >= 4 is 34.5 Å². The first-order valence-corrected chi connectivity index (χ1v) is 9.90. The van der Waals surface area contributed by atoms with Gasteiger partial charge in [-0.1, -0.05) is 24.3 Å². The van der Waals surface area contributed by atoms with E-state index in [0.29, 0.717) is 23.7 Å². The Morgan fingerprint density at radius 3 is 2.66 bits per heavy atom. The first-order chi connectivity index (χ1) is 14.0. The summed E-state index contributed by atoms with van der Waals surface area (Å²) in [6.45, 7) is 1.10. The van der Waals surface area contributed by atoms with E-state index in [2.05, 4.69) is 5.32 Å². The van der Waals surface area contributed by atoms with Gasteiger partial charge in [0.05, 0.1) is 9.80 Å². The van der Waals surface area contributed by atoms with E-state index in [1.165, 1.54) is 29.5 Å². The smallest absolute Gasteiger partial charge is 0.282 e. The molecule has 3 aromatic rings. The highest BCUT2D eigenvalue weighted by molar-refractivity contribution is 7.12. The highest BCUT2D eigenvalue weighted by Gasteiger charge is 2.23. The molecule has 0 aliphatic carbocycles. The maximum atomic E-state index is 12.6. The van der Waals surface area contributed by atoms with Crippen molar-refractivity contribution in [2.45, 2.75) is 13.0 Å². The molecule has 7 nitrogen and oxygen atoms in total. The SMILES string of the molecule is O=C(Nc1ccc2c(c1)CN(C(=O)c1cccs1)CC2)c1ccccc1[N+](=O)[O-]. The molecule has 2 aromatic carbocycles. The van der Waals surface area contributed by atoms with Crippen LogP contribution in [0.3, 0.4) is 0 Å². The van der Waals surface area contributed by atoms with Crippen molar-refractivity contribution < 1.29 is 14.5 Å². The number of nitro groups is 1. The molecule has 0 bridgehead atoms. The molecule has 2 amide bonds. The zero-order chi connectivity index (χ0) is 20.4.